The molecule has 0 spiro atoms. The van der Waals surface area contributed by atoms with Crippen LogP contribution in [0, 0.1) is 11.8 Å². The molecule has 0 aromatic heterocycles. The van der Waals surface area contributed by atoms with Crippen molar-refractivity contribution in [2.24, 2.45) is 17.6 Å². The summed E-state index contributed by atoms with van der Waals surface area (Å²) in [5.41, 5.74) is 5.10. The van der Waals surface area contributed by atoms with Crippen LogP contribution in [0.2, 0.25) is 0 Å². The number of hydrogen-bond donors (Lipinski definition) is 3. The third-order valence-electron chi connectivity index (χ3n) is 3.31. The van der Waals surface area contributed by atoms with Crippen LogP contribution < -0.4 is 11.1 Å². The smallest absolute Gasteiger partial charge is 0.308 e. The van der Waals surface area contributed by atoms with Crippen molar-refractivity contribution < 1.29 is 14.7 Å². The molecular weight excluding hydrogens is 220 g/mol. The van der Waals surface area contributed by atoms with Gasteiger partial charge in [0.2, 0.25) is 5.91 Å². The van der Waals surface area contributed by atoms with Crippen molar-refractivity contribution in [1.29, 1.82) is 0 Å². The van der Waals surface area contributed by atoms with Crippen LogP contribution in [-0.4, -0.2) is 29.1 Å². The SMILES string of the molecule is CC(C)CC(CNC(=O)C1(N)CCC1)C(=O)O. The van der Waals surface area contributed by atoms with Crippen LogP contribution in [0.15, 0.2) is 0 Å². The number of aliphatic carboxylic acids is 1. The minimum Gasteiger partial charge on any atom is -0.481 e. The minimum absolute atomic E-state index is 0.172. The van der Waals surface area contributed by atoms with Crippen molar-refractivity contribution in [2.45, 2.75) is 45.1 Å². The average molecular weight is 242 g/mol. The van der Waals surface area contributed by atoms with Gasteiger partial charge in [-0.05, 0) is 31.6 Å². The van der Waals surface area contributed by atoms with Crippen LogP contribution in [0.25, 0.3) is 0 Å². The molecule has 5 nitrogen and oxygen atoms in total. The van der Waals surface area contributed by atoms with Gasteiger partial charge in [-0.2, -0.15) is 0 Å². The summed E-state index contributed by atoms with van der Waals surface area (Å²) >= 11 is 0. The van der Waals surface area contributed by atoms with Gasteiger partial charge in [-0.25, -0.2) is 0 Å². The summed E-state index contributed by atoms with van der Waals surface area (Å²) < 4.78 is 0. The summed E-state index contributed by atoms with van der Waals surface area (Å²) in [6.45, 7) is 4.10. The number of carboxylic acids is 1. The fourth-order valence-electron chi connectivity index (χ4n) is 2.02. The van der Waals surface area contributed by atoms with Gasteiger partial charge in [-0.1, -0.05) is 13.8 Å². The van der Waals surface area contributed by atoms with Gasteiger partial charge < -0.3 is 16.2 Å². The van der Waals surface area contributed by atoms with Crippen LogP contribution in [0.5, 0.6) is 0 Å². The molecule has 0 aliphatic heterocycles. The molecule has 0 saturated heterocycles. The molecule has 4 N–H and O–H groups in total. The number of nitrogens with two attached hydrogens (primary N) is 1. The summed E-state index contributed by atoms with van der Waals surface area (Å²) in [5, 5.41) is 11.7. The second kappa shape index (κ2) is 5.49. The number of nitrogens with one attached hydrogen (secondary N) is 1. The van der Waals surface area contributed by atoms with Crippen molar-refractivity contribution in [1.82, 2.24) is 5.32 Å². The van der Waals surface area contributed by atoms with Crippen molar-refractivity contribution in [3.8, 4) is 0 Å². The molecule has 1 saturated carbocycles. The number of hydrogen-bond acceptors (Lipinski definition) is 3. The topological polar surface area (TPSA) is 92.4 Å². The number of carbonyl (C=O) groups excluding carboxylic acids is 1. The first kappa shape index (κ1) is 14.0. The van der Waals surface area contributed by atoms with E-state index >= 15 is 0 Å². The molecule has 5 heteroatoms. The van der Waals surface area contributed by atoms with E-state index in [1.54, 1.807) is 0 Å². The van der Waals surface area contributed by atoms with E-state index in [0.717, 1.165) is 6.42 Å². The molecule has 0 aromatic carbocycles. The van der Waals surface area contributed by atoms with Crippen molar-refractivity contribution >= 4 is 11.9 Å². The lowest BCUT2D eigenvalue weighted by Crippen LogP contribution is -2.59. The maximum absolute atomic E-state index is 11.7. The molecule has 0 bridgehead atoms. The zero-order valence-electron chi connectivity index (χ0n) is 10.5. The van der Waals surface area contributed by atoms with E-state index in [4.69, 9.17) is 10.8 Å². The van der Waals surface area contributed by atoms with Crippen LogP contribution in [0.4, 0.5) is 0 Å². The molecule has 0 heterocycles. The second-order valence-electron chi connectivity index (χ2n) is 5.38. The van der Waals surface area contributed by atoms with Gasteiger partial charge in [0, 0.05) is 6.54 Å². The van der Waals surface area contributed by atoms with E-state index in [2.05, 4.69) is 5.32 Å². The average Bonchev–Trinajstić information content (AvgIpc) is 2.19. The fraction of sp³-hybridized carbons (Fsp3) is 0.833. The van der Waals surface area contributed by atoms with Gasteiger partial charge in [0.15, 0.2) is 0 Å². The molecule has 98 valence electrons. The van der Waals surface area contributed by atoms with Crippen molar-refractivity contribution in [2.75, 3.05) is 6.54 Å². The van der Waals surface area contributed by atoms with Gasteiger partial charge >= 0.3 is 5.97 Å². The minimum atomic E-state index is -0.862. The van der Waals surface area contributed by atoms with E-state index in [9.17, 15) is 9.59 Å². The quantitative estimate of drug-likeness (QED) is 0.640. The molecule has 1 atom stereocenters. The molecule has 17 heavy (non-hydrogen) atoms. The largest absolute Gasteiger partial charge is 0.481 e. The molecule has 1 fully saturated rings. The third-order valence-corrected chi connectivity index (χ3v) is 3.31. The van der Waals surface area contributed by atoms with E-state index in [1.807, 2.05) is 13.8 Å². The Labute approximate surface area is 102 Å². The Morgan fingerprint density at radius 2 is 2.00 bits per heavy atom. The van der Waals surface area contributed by atoms with Gasteiger partial charge in [0.05, 0.1) is 11.5 Å². The van der Waals surface area contributed by atoms with Crippen LogP contribution >= 0.6 is 0 Å². The first-order chi connectivity index (χ1) is 7.85. The van der Waals surface area contributed by atoms with Gasteiger partial charge in [-0.3, -0.25) is 9.59 Å². The maximum Gasteiger partial charge on any atom is 0.308 e. The van der Waals surface area contributed by atoms with E-state index in [-0.39, 0.29) is 12.5 Å². The highest BCUT2D eigenvalue weighted by Crippen LogP contribution is 2.29. The summed E-state index contributed by atoms with van der Waals surface area (Å²) in [6.07, 6.45) is 2.92. The highest BCUT2D eigenvalue weighted by Gasteiger charge is 2.40. The van der Waals surface area contributed by atoms with E-state index < -0.39 is 17.4 Å². The summed E-state index contributed by atoms with van der Waals surface area (Å²) in [7, 11) is 0. The molecule has 1 rings (SSSR count). The van der Waals surface area contributed by atoms with Crippen molar-refractivity contribution in [3.05, 3.63) is 0 Å². The lowest BCUT2D eigenvalue weighted by molar-refractivity contribution is -0.142. The normalized spacial score (nSPS) is 19.5. The molecule has 1 unspecified atom stereocenters. The predicted molar refractivity (Wildman–Crippen MR) is 64.4 cm³/mol. The van der Waals surface area contributed by atoms with E-state index in [0.29, 0.717) is 25.2 Å². The standard InChI is InChI=1S/C12H22N2O3/c1-8(2)6-9(10(15)16)7-14-11(17)12(13)4-3-5-12/h8-9H,3-7,13H2,1-2H3,(H,14,17)(H,15,16). The molecule has 0 aromatic rings. The Kier molecular flexibility index (Phi) is 4.51. The molecule has 0 radical (unpaired) electrons. The Morgan fingerprint density at radius 1 is 1.41 bits per heavy atom. The van der Waals surface area contributed by atoms with Gasteiger partial charge in [-0.15, -0.1) is 0 Å². The van der Waals surface area contributed by atoms with Crippen LogP contribution in [0.1, 0.15) is 39.5 Å². The maximum atomic E-state index is 11.7. The summed E-state index contributed by atoms with van der Waals surface area (Å²) in [6, 6.07) is 0. The zero-order valence-corrected chi connectivity index (χ0v) is 10.5. The summed E-state index contributed by atoms with van der Waals surface area (Å²) in [4.78, 5) is 22.7. The van der Waals surface area contributed by atoms with Crippen LogP contribution in [0.3, 0.4) is 0 Å². The first-order valence-electron chi connectivity index (χ1n) is 6.15. The number of carboxylic acid groups (broad SMARTS) is 1. The zero-order chi connectivity index (χ0) is 13.1. The number of carbonyl (C=O) groups is 2. The molecule has 1 amide bonds. The Balaban J connectivity index is 2.41. The Morgan fingerprint density at radius 3 is 2.35 bits per heavy atom. The predicted octanol–water partition coefficient (Wildman–Crippen LogP) is 0.731. The van der Waals surface area contributed by atoms with Crippen LogP contribution in [-0.2, 0) is 9.59 Å². The third kappa shape index (κ3) is 3.70. The molecular formula is C12H22N2O3. The van der Waals surface area contributed by atoms with Crippen molar-refractivity contribution in [3.63, 3.8) is 0 Å². The highest BCUT2D eigenvalue weighted by molar-refractivity contribution is 5.87. The van der Waals surface area contributed by atoms with Gasteiger partial charge in [0.1, 0.15) is 0 Å². The highest BCUT2D eigenvalue weighted by atomic mass is 16.4. The first-order valence-corrected chi connectivity index (χ1v) is 6.15. The fourth-order valence-corrected chi connectivity index (χ4v) is 2.02. The molecule has 1 aliphatic carbocycles. The number of rotatable bonds is 6. The van der Waals surface area contributed by atoms with E-state index in [1.165, 1.54) is 0 Å². The monoisotopic (exact) mass is 242 g/mol. The molecule has 1 aliphatic rings. The summed E-state index contributed by atoms with van der Waals surface area (Å²) in [5.74, 6) is -1.30. The number of amides is 1. The second-order valence-corrected chi connectivity index (χ2v) is 5.38. The lowest BCUT2D eigenvalue weighted by Gasteiger charge is -2.36. The Bertz CT molecular complexity index is 298. The Hall–Kier alpha value is -1.10. The lowest BCUT2D eigenvalue weighted by atomic mass is 9.77. The van der Waals surface area contributed by atoms with Gasteiger partial charge in [0.25, 0.3) is 0 Å².